The molecule has 4 nitrogen and oxygen atoms in total. The standard InChI is InChI=1S/C14H18Cl2N4/c1-3-17-13(8-14-18-9-19-20(14)4-2)11-7-10(15)5-6-12(11)16/h5-7,9,13,17H,3-4,8H2,1-2H3. The van der Waals surface area contributed by atoms with Crippen molar-refractivity contribution in [2.45, 2.75) is 32.9 Å². The molecule has 0 saturated carbocycles. The first-order valence-electron chi connectivity index (χ1n) is 6.70. The van der Waals surface area contributed by atoms with Crippen molar-refractivity contribution in [1.82, 2.24) is 20.1 Å². The minimum Gasteiger partial charge on any atom is -0.310 e. The highest BCUT2D eigenvalue weighted by Gasteiger charge is 2.17. The lowest BCUT2D eigenvalue weighted by Gasteiger charge is -2.19. The maximum Gasteiger partial charge on any atom is 0.138 e. The number of hydrogen-bond donors (Lipinski definition) is 1. The fraction of sp³-hybridized carbons (Fsp3) is 0.429. The Labute approximate surface area is 129 Å². The molecule has 1 atom stereocenters. The second kappa shape index (κ2) is 7.07. The molecule has 1 heterocycles. The summed E-state index contributed by atoms with van der Waals surface area (Å²) in [6.45, 7) is 5.76. The minimum atomic E-state index is 0.0701. The van der Waals surface area contributed by atoms with Gasteiger partial charge in [0.1, 0.15) is 12.2 Å². The van der Waals surface area contributed by atoms with Crippen molar-refractivity contribution >= 4 is 23.2 Å². The molecule has 0 fully saturated rings. The van der Waals surface area contributed by atoms with Gasteiger partial charge in [-0.2, -0.15) is 5.10 Å². The van der Waals surface area contributed by atoms with Gasteiger partial charge in [0.25, 0.3) is 0 Å². The Kier molecular flexibility index (Phi) is 5.40. The van der Waals surface area contributed by atoms with Gasteiger partial charge in [0.2, 0.25) is 0 Å². The van der Waals surface area contributed by atoms with Crippen molar-refractivity contribution in [3.63, 3.8) is 0 Å². The van der Waals surface area contributed by atoms with E-state index in [1.54, 1.807) is 12.4 Å². The zero-order chi connectivity index (χ0) is 14.5. The second-order valence-electron chi connectivity index (χ2n) is 4.47. The van der Waals surface area contributed by atoms with E-state index in [0.717, 1.165) is 30.9 Å². The molecule has 0 aliphatic rings. The summed E-state index contributed by atoms with van der Waals surface area (Å²) in [4.78, 5) is 4.32. The quantitative estimate of drug-likeness (QED) is 0.887. The van der Waals surface area contributed by atoms with Crippen molar-refractivity contribution < 1.29 is 0 Å². The molecule has 0 spiro atoms. The van der Waals surface area contributed by atoms with Crippen LogP contribution in [0.25, 0.3) is 0 Å². The van der Waals surface area contributed by atoms with Crippen LogP contribution in [-0.2, 0) is 13.0 Å². The van der Waals surface area contributed by atoms with E-state index in [2.05, 4.69) is 22.3 Å². The summed E-state index contributed by atoms with van der Waals surface area (Å²) in [6.07, 6.45) is 2.31. The number of nitrogens with one attached hydrogen (secondary N) is 1. The van der Waals surface area contributed by atoms with Gasteiger partial charge in [0.15, 0.2) is 0 Å². The van der Waals surface area contributed by atoms with Crippen LogP contribution in [0.1, 0.15) is 31.3 Å². The predicted octanol–water partition coefficient (Wildman–Crippen LogP) is 3.50. The Morgan fingerprint density at radius 1 is 1.30 bits per heavy atom. The van der Waals surface area contributed by atoms with Crippen LogP contribution in [0.3, 0.4) is 0 Å². The molecule has 2 aromatic rings. The maximum atomic E-state index is 6.30. The fourth-order valence-corrected chi connectivity index (χ4v) is 2.64. The SMILES string of the molecule is CCNC(Cc1ncnn1CC)c1cc(Cl)ccc1Cl. The summed E-state index contributed by atoms with van der Waals surface area (Å²) in [5.74, 6) is 0.939. The van der Waals surface area contributed by atoms with E-state index in [4.69, 9.17) is 23.2 Å². The Bertz CT molecular complexity index is 568. The molecule has 1 unspecified atom stereocenters. The van der Waals surface area contributed by atoms with Crippen LogP contribution < -0.4 is 5.32 Å². The molecule has 0 radical (unpaired) electrons. The largest absolute Gasteiger partial charge is 0.310 e. The number of aryl methyl sites for hydroxylation is 1. The first-order valence-corrected chi connectivity index (χ1v) is 7.46. The van der Waals surface area contributed by atoms with Crippen LogP contribution in [0.4, 0.5) is 0 Å². The van der Waals surface area contributed by atoms with Gasteiger partial charge in [-0.25, -0.2) is 4.98 Å². The van der Waals surface area contributed by atoms with Crippen LogP contribution in [0.5, 0.6) is 0 Å². The monoisotopic (exact) mass is 312 g/mol. The molecule has 0 amide bonds. The Morgan fingerprint density at radius 3 is 2.80 bits per heavy atom. The number of rotatable bonds is 6. The topological polar surface area (TPSA) is 42.7 Å². The highest BCUT2D eigenvalue weighted by atomic mass is 35.5. The number of nitrogens with zero attached hydrogens (tertiary/aromatic N) is 3. The van der Waals surface area contributed by atoms with Crippen molar-refractivity contribution in [3.8, 4) is 0 Å². The lowest BCUT2D eigenvalue weighted by atomic mass is 10.0. The Morgan fingerprint density at radius 2 is 2.10 bits per heavy atom. The molecule has 1 N–H and O–H groups in total. The first-order chi connectivity index (χ1) is 9.65. The summed E-state index contributed by atoms with van der Waals surface area (Å²) in [7, 11) is 0. The minimum absolute atomic E-state index is 0.0701. The van der Waals surface area contributed by atoms with E-state index >= 15 is 0 Å². The average Bonchev–Trinajstić information content (AvgIpc) is 2.88. The lowest BCUT2D eigenvalue weighted by Crippen LogP contribution is -2.24. The van der Waals surface area contributed by atoms with Gasteiger partial charge in [0, 0.05) is 29.1 Å². The van der Waals surface area contributed by atoms with Gasteiger partial charge >= 0.3 is 0 Å². The van der Waals surface area contributed by atoms with Gasteiger partial charge in [-0.3, -0.25) is 4.68 Å². The number of aromatic nitrogens is 3. The van der Waals surface area contributed by atoms with Gasteiger partial charge in [-0.15, -0.1) is 0 Å². The van der Waals surface area contributed by atoms with E-state index in [1.165, 1.54) is 0 Å². The molecule has 1 aromatic carbocycles. The van der Waals surface area contributed by atoms with E-state index in [1.807, 2.05) is 23.7 Å². The summed E-state index contributed by atoms with van der Waals surface area (Å²) < 4.78 is 1.89. The van der Waals surface area contributed by atoms with Crippen LogP contribution in [0.2, 0.25) is 10.0 Å². The Balaban J connectivity index is 2.29. The van der Waals surface area contributed by atoms with Gasteiger partial charge < -0.3 is 5.32 Å². The highest BCUT2D eigenvalue weighted by molar-refractivity contribution is 6.33. The molecular formula is C14H18Cl2N4. The lowest BCUT2D eigenvalue weighted by molar-refractivity contribution is 0.510. The highest BCUT2D eigenvalue weighted by Crippen LogP contribution is 2.28. The third kappa shape index (κ3) is 3.51. The van der Waals surface area contributed by atoms with Crippen LogP contribution in [0, 0.1) is 0 Å². The third-order valence-electron chi connectivity index (χ3n) is 3.17. The van der Waals surface area contributed by atoms with Crippen LogP contribution in [0.15, 0.2) is 24.5 Å². The molecule has 2 rings (SSSR count). The van der Waals surface area contributed by atoms with Crippen molar-refractivity contribution in [1.29, 1.82) is 0 Å². The number of halogens is 2. The molecule has 108 valence electrons. The molecule has 1 aromatic heterocycles. The van der Waals surface area contributed by atoms with Crippen LogP contribution in [-0.4, -0.2) is 21.3 Å². The van der Waals surface area contributed by atoms with Crippen molar-refractivity contribution in [2.24, 2.45) is 0 Å². The molecule has 20 heavy (non-hydrogen) atoms. The maximum absolute atomic E-state index is 6.30. The fourth-order valence-electron chi connectivity index (χ4n) is 2.21. The smallest absolute Gasteiger partial charge is 0.138 e. The molecule has 0 saturated heterocycles. The van der Waals surface area contributed by atoms with Gasteiger partial charge in [0.05, 0.1) is 0 Å². The van der Waals surface area contributed by atoms with E-state index in [0.29, 0.717) is 10.0 Å². The molecule has 0 bridgehead atoms. The molecule has 6 heteroatoms. The number of likely N-dealkylation sites (N-methyl/N-ethyl adjacent to an activating group) is 1. The summed E-state index contributed by atoms with van der Waals surface area (Å²) in [5, 5.41) is 9.03. The average molecular weight is 313 g/mol. The normalized spacial score (nSPS) is 12.6. The second-order valence-corrected chi connectivity index (χ2v) is 5.32. The van der Waals surface area contributed by atoms with Gasteiger partial charge in [-0.05, 0) is 37.2 Å². The van der Waals surface area contributed by atoms with E-state index in [-0.39, 0.29) is 6.04 Å². The summed E-state index contributed by atoms with van der Waals surface area (Å²) in [6, 6.07) is 5.60. The summed E-state index contributed by atoms with van der Waals surface area (Å²) >= 11 is 12.4. The van der Waals surface area contributed by atoms with Crippen LogP contribution >= 0.6 is 23.2 Å². The van der Waals surface area contributed by atoms with Crippen molar-refractivity contribution in [3.05, 3.63) is 46.0 Å². The first kappa shape index (κ1) is 15.3. The Hall–Kier alpha value is -1.10. The summed E-state index contributed by atoms with van der Waals surface area (Å²) in [5.41, 5.74) is 0.992. The van der Waals surface area contributed by atoms with Crippen molar-refractivity contribution in [2.75, 3.05) is 6.54 Å². The van der Waals surface area contributed by atoms with E-state index < -0.39 is 0 Å². The molecule has 0 aliphatic carbocycles. The molecule has 0 aliphatic heterocycles. The predicted molar refractivity (Wildman–Crippen MR) is 82.3 cm³/mol. The number of hydrogen-bond acceptors (Lipinski definition) is 3. The zero-order valence-corrected chi connectivity index (χ0v) is 13.1. The van der Waals surface area contributed by atoms with Gasteiger partial charge in [-0.1, -0.05) is 30.1 Å². The number of benzene rings is 1. The zero-order valence-electron chi connectivity index (χ0n) is 11.6. The van der Waals surface area contributed by atoms with E-state index in [9.17, 15) is 0 Å². The third-order valence-corrected chi connectivity index (χ3v) is 3.75. The molecular weight excluding hydrogens is 295 g/mol.